The summed E-state index contributed by atoms with van der Waals surface area (Å²) in [6.07, 6.45) is 29.2. The van der Waals surface area contributed by atoms with Gasteiger partial charge in [-0.15, -0.1) is 10.1 Å². The number of unbranched alkanes of at least 4 members (excludes halogenated alkanes) is 4. The normalized spacial score (nSPS) is 18.2. The number of alkyl halides is 1. The maximum absolute atomic E-state index is 11.9. The van der Waals surface area contributed by atoms with Gasteiger partial charge in [-0.05, 0) is 267 Å². The number of aliphatic hydroxyl groups excluding tert-OH is 2. The lowest BCUT2D eigenvalue weighted by atomic mass is 9.77. The maximum atomic E-state index is 11.9. The van der Waals surface area contributed by atoms with Gasteiger partial charge in [0.2, 0.25) is 0 Å². The SMILES string of the molecule is CC(C)(CCCCBr)c1ccc([C@H]2CCCC(O)C2)c(O)c1.CC(C)(CCCCO[N+](=O)[O-])c1ccc([C@H]2CCCC(O)C2)c(O)c1.COc1cc(C(C)(C)CCCCOc2ccccc2)ccc1C1CCCC(=O)C1.COc1cccc(C(C)(C)CCCCOc2ccccc2)c1.O=C1C=CCCC1. The number of phenolic OH excluding ortho intramolecular Hbond substituents is 2. The second-order valence-corrected chi connectivity index (χ2v) is 32.6. The summed E-state index contributed by atoms with van der Waals surface area (Å²) in [6, 6.07) is 47.1. The molecular formula is C90H126BrNO13. The van der Waals surface area contributed by atoms with Crippen LogP contribution in [0.5, 0.6) is 34.5 Å². The van der Waals surface area contributed by atoms with Gasteiger partial charge in [0, 0.05) is 24.6 Å². The first-order valence-corrected chi connectivity index (χ1v) is 40.1. The number of Topliss-reactive ketones (excluding diaryl/α,β-unsaturated/α-hetero) is 1. The van der Waals surface area contributed by atoms with E-state index in [9.17, 15) is 40.1 Å². The van der Waals surface area contributed by atoms with Gasteiger partial charge in [0.25, 0.3) is 5.09 Å². The smallest absolute Gasteiger partial charge is 0.294 e. The molecule has 15 heteroatoms. The Hall–Kier alpha value is -7.20. The van der Waals surface area contributed by atoms with Crippen LogP contribution in [0, 0.1) is 10.1 Å². The number of para-hydroxylation sites is 2. The summed E-state index contributed by atoms with van der Waals surface area (Å²) < 4.78 is 22.6. The predicted octanol–water partition coefficient (Wildman–Crippen LogP) is 22.3. The Morgan fingerprint density at radius 3 is 1.33 bits per heavy atom. The molecule has 576 valence electrons. The first-order valence-electron chi connectivity index (χ1n) is 39.0. The second kappa shape index (κ2) is 44.8. The van der Waals surface area contributed by atoms with Gasteiger partial charge in [-0.25, -0.2) is 0 Å². The first kappa shape index (κ1) is 86.7. The highest BCUT2D eigenvalue weighted by Gasteiger charge is 2.31. The monoisotopic (exact) mass is 1510 g/mol. The van der Waals surface area contributed by atoms with Gasteiger partial charge in [0.05, 0.1) is 46.2 Å². The number of methoxy groups -OCH3 is 2. The minimum Gasteiger partial charge on any atom is -0.508 e. The van der Waals surface area contributed by atoms with Gasteiger partial charge >= 0.3 is 0 Å². The van der Waals surface area contributed by atoms with E-state index in [1.807, 2.05) is 91.0 Å². The van der Waals surface area contributed by atoms with Crippen LogP contribution < -0.4 is 18.9 Å². The standard InChI is InChI=1S/C26H34O3.C20H26O2.C19H29BrO2.C19H29NO5.C6H8O/c1-26(2,16-7-8-17-29-23-12-5-4-6-13-23)21-14-15-24(25(19-21)28-3)20-10-9-11-22(27)18-20;1-20(2,17-10-9-13-19(16-17)21-3)14-7-8-15-22-18-11-5-4-6-12-18;1-19(2,10-3-4-11-20)15-8-9-17(18(22)13-15)14-6-5-7-16(21)12-14;1-19(2,10-3-4-11-25-20(23)24)15-8-9-17(18(22)13-15)14-6-5-7-16(21)12-14;7-6-4-2-1-3-5-6/h4-6,12-15,19-20H,7-11,16-18H2,1-3H3;4-6,9-13,16H,7-8,14-15H2,1-3H3;8-9,13-14,16,21-22H,3-7,10-12H2,1-2H3;8-9,13-14,16,21-22H,3-7,10-12H2,1-2H3;2,4H,1,3,5H2/t;;2*14-,16?;/m..00./s1. The molecule has 6 aromatic carbocycles. The minimum atomic E-state index is -0.760. The number of aliphatic hydroxyl groups is 2. The first-order chi connectivity index (χ1) is 50.2. The highest BCUT2D eigenvalue weighted by molar-refractivity contribution is 9.09. The Morgan fingerprint density at radius 2 is 0.924 bits per heavy atom. The molecule has 105 heavy (non-hydrogen) atoms. The van der Waals surface area contributed by atoms with Crippen LogP contribution in [-0.2, 0) is 36.1 Å². The highest BCUT2D eigenvalue weighted by atomic mass is 79.9. The number of allylic oxidation sites excluding steroid dienone is 2. The number of benzene rings is 6. The van der Waals surface area contributed by atoms with Crippen molar-refractivity contribution in [1.82, 2.24) is 0 Å². The van der Waals surface area contributed by atoms with E-state index in [0.717, 1.165) is 199 Å². The third-order valence-corrected chi connectivity index (χ3v) is 22.2. The maximum Gasteiger partial charge on any atom is 0.294 e. The van der Waals surface area contributed by atoms with E-state index in [1.165, 1.54) is 35.1 Å². The summed E-state index contributed by atoms with van der Waals surface area (Å²) in [6.45, 7) is 19.5. The Balaban J connectivity index is 0.000000213. The van der Waals surface area contributed by atoms with Crippen LogP contribution in [0.25, 0.3) is 0 Å². The number of hydrogen-bond donors (Lipinski definition) is 4. The third kappa shape index (κ3) is 30.5. The molecule has 5 atom stereocenters. The van der Waals surface area contributed by atoms with E-state index in [2.05, 4.69) is 131 Å². The number of phenols is 2. The summed E-state index contributed by atoms with van der Waals surface area (Å²) >= 11 is 3.48. The predicted molar refractivity (Wildman–Crippen MR) is 429 cm³/mol. The van der Waals surface area contributed by atoms with Crippen LogP contribution >= 0.6 is 15.9 Å². The van der Waals surface area contributed by atoms with Crippen LogP contribution in [0.4, 0.5) is 0 Å². The number of carbonyl (C=O) groups is 2. The van der Waals surface area contributed by atoms with E-state index in [0.29, 0.717) is 48.4 Å². The van der Waals surface area contributed by atoms with Gasteiger partial charge in [0.15, 0.2) is 5.78 Å². The Labute approximate surface area is 637 Å². The van der Waals surface area contributed by atoms with E-state index < -0.39 is 5.09 Å². The molecule has 4 aliphatic rings. The van der Waals surface area contributed by atoms with E-state index >= 15 is 0 Å². The van der Waals surface area contributed by atoms with Gasteiger partial charge in [-0.2, -0.15) is 0 Å². The number of aromatic hydroxyl groups is 2. The lowest BCUT2D eigenvalue weighted by Crippen LogP contribution is -2.19. The lowest BCUT2D eigenvalue weighted by Gasteiger charge is -2.29. The average molecular weight is 1510 g/mol. The molecule has 0 aliphatic heterocycles. The molecule has 10 rings (SSSR count). The molecule has 0 radical (unpaired) electrons. The number of carbonyl (C=O) groups excluding carboxylic acids is 2. The van der Waals surface area contributed by atoms with Crippen molar-refractivity contribution in [2.45, 2.75) is 280 Å². The fourth-order valence-electron chi connectivity index (χ4n) is 14.8. The molecule has 3 unspecified atom stereocenters. The number of nitrogens with zero attached hydrogens (tertiary/aromatic N) is 1. The fraction of sp³-hybridized carbons (Fsp3) is 0.556. The Morgan fingerprint density at radius 1 is 0.476 bits per heavy atom. The van der Waals surface area contributed by atoms with Crippen LogP contribution in [0.1, 0.15) is 285 Å². The molecule has 14 nitrogen and oxygen atoms in total. The number of hydrogen-bond acceptors (Lipinski definition) is 13. The van der Waals surface area contributed by atoms with Crippen molar-refractivity contribution in [1.29, 1.82) is 0 Å². The van der Waals surface area contributed by atoms with Crippen molar-refractivity contribution in [2.75, 3.05) is 39.4 Å². The zero-order valence-electron chi connectivity index (χ0n) is 65.0. The average Bonchev–Trinajstić information content (AvgIpc) is 0.819. The Kier molecular flexibility index (Phi) is 37.0. The van der Waals surface area contributed by atoms with Crippen molar-refractivity contribution >= 4 is 27.5 Å². The van der Waals surface area contributed by atoms with Gasteiger partial charge in [-0.3, -0.25) is 9.59 Å². The summed E-state index contributed by atoms with van der Waals surface area (Å²) in [5, 5.41) is 51.1. The number of ether oxygens (including phenoxy) is 4. The number of halogens is 1. The van der Waals surface area contributed by atoms with Gasteiger partial charge in [-0.1, -0.05) is 188 Å². The Bertz CT molecular complexity index is 3550. The summed E-state index contributed by atoms with van der Waals surface area (Å²) in [4.78, 5) is 36.7. The van der Waals surface area contributed by atoms with E-state index in [4.69, 9.17) is 18.9 Å². The third-order valence-electron chi connectivity index (χ3n) is 21.7. The number of rotatable bonds is 31. The lowest BCUT2D eigenvalue weighted by molar-refractivity contribution is -0.757. The van der Waals surface area contributed by atoms with Crippen LogP contribution in [0.2, 0.25) is 0 Å². The molecular weight excluding hydrogens is 1380 g/mol. The molecule has 0 amide bonds. The molecule has 0 bridgehead atoms. The van der Waals surface area contributed by atoms with Gasteiger partial charge in [0.1, 0.15) is 40.3 Å². The van der Waals surface area contributed by atoms with Gasteiger partial charge < -0.3 is 44.2 Å². The van der Waals surface area contributed by atoms with Crippen LogP contribution in [0.15, 0.2) is 152 Å². The van der Waals surface area contributed by atoms with Crippen LogP contribution in [0.3, 0.4) is 0 Å². The summed E-state index contributed by atoms with van der Waals surface area (Å²) in [5.74, 6) is 5.96. The van der Waals surface area contributed by atoms with Crippen LogP contribution in [-0.4, -0.2) is 88.7 Å². The summed E-state index contributed by atoms with van der Waals surface area (Å²) in [7, 11) is 3.45. The van der Waals surface area contributed by atoms with Crippen molar-refractivity contribution in [3.63, 3.8) is 0 Å². The fourth-order valence-corrected chi connectivity index (χ4v) is 15.2. The molecule has 3 saturated carbocycles. The molecule has 4 N–H and O–H groups in total. The summed E-state index contributed by atoms with van der Waals surface area (Å²) in [5.41, 5.74) is 8.20. The molecule has 0 saturated heterocycles. The molecule has 0 spiro atoms. The highest BCUT2D eigenvalue weighted by Crippen LogP contribution is 2.44. The van der Waals surface area contributed by atoms with Crippen molar-refractivity contribution in [2.24, 2.45) is 0 Å². The largest absolute Gasteiger partial charge is 0.508 e. The topological polar surface area (TPSA) is 204 Å². The second-order valence-electron chi connectivity index (χ2n) is 31.8. The number of ketones is 2. The molecule has 6 aromatic rings. The molecule has 4 aliphatic carbocycles. The minimum absolute atomic E-state index is 0.0704. The van der Waals surface area contributed by atoms with E-state index in [1.54, 1.807) is 20.3 Å². The van der Waals surface area contributed by atoms with Crippen molar-refractivity contribution in [3.8, 4) is 34.5 Å². The quantitative estimate of drug-likeness (QED) is 0.0139. The molecule has 0 aromatic heterocycles. The zero-order chi connectivity index (χ0) is 76.3. The molecule has 0 heterocycles. The molecule has 3 fully saturated rings. The van der Waals surface area contributed by atoms with Crippen molar-refractivity contribution in [3.05, 3.63) is 201 Å². The van der Waals surface area contributed by atoms with Crippen molar-refractivity contribution < 1.29 is 58.9 Å². The van der Waals surface area contributed by atoms with E-state index in [-0.39, 0.29) is 52.2 Å². The zero-order valence-corrected chi connectivity index (χ0v) is 66.6.